The Morgan fingerprint density at radius 2 is 1.70 bits per heavy atom. The highest BCUT2D eigenvalue weighted by molar-refractivity contribution is 6.05. The summed E-state index contributed by atoms with van der Waals surface area (Å²) < 4.78 is 41.7. The zero-order chi connectivity index (χ0) is 32.9. The van der Waals surface area contributed by atoms with Crippen LogP contribution in [0.5, 0.6) is 11.5 Å². The van der Waals surface area contributed by atoms with Crippen LogP contribution in [-0.4, -0.2) is 64.5 Å². The molecule has 0 fully saturated rings. The minimum absolute atomic E-state index is 0.184. The number of aromatic nitrogens is 4. The molecule has 0 saturated carbocycles. The van der Waals surface area contributed by atoms with E-state index in [9.17, 15) is 13.6 Å². The molecular formula is C35H31F2N7O3. The number of halogens is 2. The number of para-hydroxylation sites is 1. The quantitative estimate of drug-likeness (QED) is 0.162. The Hall–Kier alpha value is -5.88. The summed E-state index contributed by atoms with van der Waals surface area (Å²) in [5, 5.41) is 5.59. The van der Waals surface area contributed by atoms with Gasteiger partial charge in [-0.2, -0.15) is 0 Å². The Bertz CT molecular complexity index is 2050. The number of amides is 1. The number of benzene rings is 3. The molecule has 0 bridgehead atoms. The molecule has 1 amide bonds. The number of likely N-dealkylation sites (N-methyl/N-ethyl adjacent to an activating group) is 1. The van der Waals surface area contributed by atoms with Gasteiger partial charge in [-0.3, -0.25) is 9.20 Å². The fourth-order valence-corrected chi connectivity index (χ4v) is 4.90. The van der Waals surface area contributed by atoms with Crippen LogP contribution >= 0.6 is 0 Å². The van der Waals surface area contributed by atoms with Crippen molar-refractivity contribution in [2.75, 3.05) is 45.0 Å². The van der Waals surface area contributed by atoms with Gasteiger partial charge in [0.1, 0.15) is 41.1 Å². The topological polar surface area (TPSA) is 106 Å². The van der Waals surface area contributed by atoms with E-state index in [0.29, 0.717) is 52.3 Å². The van der Waals surface area contributed by atoms with E-state index in [1.54, 1.807) is 55.8 Å². The molecule has 0 unspecified atom stereocenters. The van der Waals surface area contributed by atoms with Crippen LogP contribution in [0.3, 0.4) is 0 Å². The summed E-state index contributed by atoms with van der Waals surface area (Å²) in [6.45, 7) is 1.33. The van der Waals surface area contributed by atoms with Crippen molar-refractivity contribution in [1.29, 1.82) is 0 Å². The second kappa shape index (κ2) is 13.6. The molecule has 0 aliphatic carbocycles. The Morgan fingerprint density at radius 3 is 2.49 bits per heavy atom. The largest absolute Gasteiger partial charge is 0.497 e. The molecule has 0 saturated heterocycles. The first kappa shape index (κ1) is 31.1. The number of rotatable bonds is 11. The van der Waals surface area contributed by atoms with Gasteiger partial charge in [0.05, 0.1) is 24.2 Å². The summed E-state index contributed by atoms with van der Waals surface area (Å²) in [7, 11) is 5.55. The number of anilines is 3. The summed E-state index contributed by atoms with van der Waals surface area (Å²) in [6.07, 6.45) is 3.46. The molecule has 0 radical (unpaired) electrons. The lowest BCUT2D eigenvalue weighted by atomic mass is 10.0. The molecule has 0 atom stereocenters. The van der Waals surface area contributed by atoms with Gasteiger partial charge in [-0.25, -0.2) is 23.7 Å². The Kier molecular flexibility index (Phi) is 9.02. The Morgan fingerprint density at radius 1 is 0.915 bits per heavy atom. The van der Waals surface area contributed by atoms with Crippen LogP contribution in [0.15, 0.2) is 97.3 Å². The lowest BCUT2D eigenvalue weighted by Gasteiger charge is -2.12. The van der Waals surface area contributed by atoms with Crippen LogP contribution in [-0.2, 0) is 0 Å². The van der Waals surface area contributed by atoms with Gasteiger partial charge in [-0.1, -0.05) is 24.3 Å². The molecule has 0 aliphatic rings. The van der Waals surface area contributed by atoms with Crippen molar-refractivity contribution >= 4 is 28.9 Å². The summed E-state index contributed by atoms with van der Waals surface area (Å²) in [5.41, 5.74) is 3.28. The van der Waals surface area contributed by atoms with Crippen molar-refractivity contribution < 1.29 is 23.0 Å². The first-order valence-corrected chi connectivity index (χ1v) is 14.7. The maximum absolute atomic E-state index is 14.3. The van der Waals surface area contributed by atoms with Gasteiger partial charge in [0.25, 0.3) is 5.91 Å². The number of carbonyl (C=O) groups excluding carboxylic acids is 1. The van der Waals surface area contributed by atoms with E-state index in [-0.39, 0.29) is 5.56 Å². The summed E-state index contributed by atoms with van der Waals surface area (Å²) in [4.78, 5) is 29.3. The van der Waals surface area contributed by atoms with Crippen LogP contribution in [0, 0.1) is 11.6 Å². The highest BCUT2D eigenvalue weighted by Gasteiger charge is 2.20. The van der Waals surface area contributed by atoms with Gasteiger partial charge < -0.3 is 25.0 Å². The number of imidazole rings is 1. The van der Waals surface area contributed by atoms with Crippen molar-refractivity contribution in [1.82, 2.24) is 24.3 Å². The minimum atomic E-state index is -0.872. The van der Waals surface area contributed by atoms with Crippen LogP contribution in [0.4, 0.5) is 26.1 Å². The summed E-state index contributed by atoms with van der Waals surface area (Å²) in [5.74, 6) is -0.747. The highest BCUT2D eigenvalue weighted by Crippen LogP contribution is 2.34. The van der Waals surface area contributed by atoms with Gasteiger partial charge >= 0.3 is 0 Å². The molecule has 47 heavy (non-hydrogen) atoms. The predicted molar refractivity (Wildman–Crippen MR) is 176 cm³/mol. The van der Waals surface area contributed by atoms with Crippen LogP contribution < -0.4 is 20.1 Å². The smallest absolute Gasteiger partial charge is 0.255 e. The van der Waals surface area contributed by atoms with E-state index in [1.165, 1.54) is 6.07 Å². The average molecular weight is 636 g/mol. The molecule has 0 spiro atoms. The Balaban J connectivity index is 1.35. The van der Waals surface area contributed by atoms with Crippen molar-refractivity contribution in [3.8, 4) is 34.1 Å². The highest BCUT2D eigenvalue weighted by atomic mass is 19.1. The number of ether oxygens (including phenoxy) is 2. The van der Waals surface area contributed by atoms with Gasteiger partial charge in [0, 0.05) is 47.9 Å². The fraction of sp³-hybridized carbons (Fsp3) is 0.143. The third-order valence-corrected chi connectivity index (χ3v) is 7.23. The van der Waals surface area contributed by atoms with Crippen molar-refractivity contribution in [3.63, 3.8) is 0 Å². The van der Waals surface area contributed by atoms with Gasteiger partial charge in [-0.05, 0) is 62.6 Å². The van der Waals surface area contributed by atoms with Crippen molar-refractivity contribution in [2.24, 2.45) is 0 Å². The molecule has 6 rings (SSSR count). The molecule has 3 aromatic carbocycles. The van der Waals surface area contributed by atoms with Crippen LogP contribution in [0.1, 0.15) is 10.4 Å². The molecule has 3 aromatic heterocycles. The second-order valence-corrected chi connectivity index (χ2v) is 10.8. The van der Waals surface area contributed by atoms with Gasteiger partial charge in [0.15, 0.2) is 0 Å². The number of nitrogens with one attached hydrogen (secondary N) is 2. The monoisotopic (exact) mass is 635 g/mol. The van der Waals surface area contributed by atoms with Crippen molar-refractivity contribution in [2.45, 2.75) is 0 Å². The van der Waals surface area contributed by atoms with E-state index < -0.39 is 23.2 Å². The number of nitrogens with zero attached hydrogens (tertiary/aromatic N) is 5. The molecular weight excluding hydrogens is 604 g/mol. The van der Waals surface area contributed by atoms with E-state index in [0.717, 1.165) is 24.4 Å². The van der Waals surface area contributed by atoms with Crippen LogP contribution in [0.2, 0.25) is 0 Å². The lowest BCUT2D eigenvalue weighted by molar-refractivity contribution is 0.102. The minimum Gasteiger partial charge on any atom is -0.497 e. The molecule has 0 aliphatic heterocycles. The zero-order valence-corrected chi connectivity index (χ0v) is 25.9. The maximum Gasteiger partial charge on any atom is 0.255 e. The SMILES string of the molecule is COc1ccn2c(-c3ccnc(Nc4cccc(OCCN(C)C)c4)n3)c(-c3cccc(C(=O)Nc4c(F)cccc4F)c3)nc2c1. The predicted octanol–water partition coefficient (Wildman–Crippen LogP) is 6.68. The van der Waals surface area contributed by atoms with E-state index in [2.05, 4.69) is 15.6 Å². The molecule has 3 heterocycles. The number of fused-ring (bicyclic) bond motifs is 1. The summed E-state index contributed by atoms with van der Waals surface area (Å²) >= 11 is 0. The molecule has 238 valence electrons. The maximum atomic E-state index is 14.3. The number of hydrogen-bond acceptors (Lipinski definition) is 8. The molecule has 10 nitrogen and oxygen atoms in total. The number of hydrogen-bond donors (Lipinski definition) is 2. The van der Waals surface area contributed by atoms with E-state index >= 15 is 0 Å². The van der Waals surface area contributed by atoms with E-state index in [1.807, 2.05) is 53.9 Å². The number of methoxy groups -OCH3 is 1. The lowest BCUT2D eigenvalue weighted by Crippen LogP contribution is -2.19. The molecule has 12 heteroatoms. The van der Waals surface area contributed by atoms with Gasteiger partial charge in [-0.15, -0.1) is 0 Å². The standard InChI is InChI=1S/C35H31F2N7O3/c1-43(2)17-18-47-26-10-5-9-24(20-26)39-35-38-15-13-29(40-35)33-31(41-30-21-25(46-3)14-16-44(30)33)22-7-4-8-23(19-22)34(45)42-32-27(36)11-6-12-28(32)37/h4-16,19-21H,17-18H2,1-3H3,(H,42,45)(H,38,39,40). The van der Waals surface area contributed by atoms with Gasteiger partial charge in [0.2, 0.25) is 5.95 Å². The fourth-order valence-electron chi connectivity index (χ4n) is 4.90. The van der Waals surface area contributed by atoms with Crippen molar-refractivity contribution in [3.05, 3.63) is 115 Å². The average Bonchev–Trinajstić information content (AvgIpc) is 3.45. The third kappa shape index (κ3) is 7.02. The molecule has 6 aromatic rings. The van der Waals surface area contributed by atoms with E-state index in [4.69, 9.17) is 19.4 Å². The molecule has 2 N–H and O–H groups in total. The van der Waals surface area contributed by atoms with Crippen LogP contribution in [0.25, 0.3) is 28.3 Å². The zero-order valence-electron chi connectivity index (χ0n) is 25.9. The number of pyridine rings is 1. The summed E-state index contributed by atoms with van der Waals surface area (Å²) in [6, 6.07) is 22.9. The third-order valence-electron chi connectivity index (χ3n) is 7.23. The number of carbonyl (C=O) groups is 1. The first-order chi connectivity index (χ1) is 22.8. The first-order valence-electron chi connectivity index (χ1n) is 14.7. The second-order valence-electron chi connectivity index (χ2n) is 10.8. The normalized spacial score (nSPS) is 11.1. The Labute approximate surface area is 269 Å².